The molecule has 0 unspecified atom stereocenters. The summed E-state index contributed by atoms with van der Waals surface area (Å²) in [6.07, 6.45) is 3.03. The van der Waals surface area contributed by atoms with E-state index in [1.165, 1.54) is 23.4 Å². The van der Waals surface area contributed by atoms with E-state index in [4.69, 9.17) is 0 Å². The first kappa shape index (κ1) is 9.24. The van der Waals surface area contributed by atoms with Gasteiger partial charge in [0.25, 0.3) is 0 Å². The molecule has 2 aromatic rings. The third-order valence-corrected chi connectivity index (χ3v) is 5.69. The minimum Gasteiger partial charge on any atom is -0.350 e. The molecule has 2 aliphatic rings. The summed E-state index contributed by atoms with van der Waals surface area (Å²) in [6, 6.07) is 2.78. The van der Waals surface area contributed by atoms with Crippen LogP contribution in [0.1, 0.15) is 6.42 Å². The standard InChI is InChI=1S/C11H11N3S2/c1-2-15-10-9(1)12-6-13-11(10)14-4-8-3-7(14)5-16-8/h1-2,6-8H,3-5H2/t7-,8+/m0/s1. The Morgan fingerprint density at radius 3 is 3.19 bits per heavy atom. The lowest BCUT2D eigenvalue weighted by molar-refractivity contribution is 0.755. The molecule has 4 heterocycles. The molecule has 82 valence electrons. The number of aromatic nitrogens is 2. The molecule has 2 fully saturated rings. The molecule has 4 rings (SSSR count). The van der Waals surface area contributed by atoms with E-state index in [0.717, 1.165) is 16.6 Å². The Morgan fingerprint density at radius 1 is 1.38 bits per heavy atom. The molecule has 0 N–H and O–H groups in total. The highest BCUT2D eigenvalue weighted by Crippen LogP contribution is 2.41. The fourth-order valence-electron chi connectivity index (χ4n) is 2.64. The highest BCUT2D eigenvalue weighted by molar-refractivity contribution is 8.00. The molecule has 0 saturated carbocycles. The van der Waals surface area contributed by atoms with E-state index in [1.54, 1.807) is 17.7 Å². The van der Waals surface area contributed by atoms with E-state index in [2.05, 4.69) is 38.1 Å². The Labute approximate surface area is 102 Å². The fourth-order valence-corrected chi connectivity index (χ4v) is 4.92. The zero-order chi connectivity index (χ0) is 10.5. The van der Waals surface area contributed by atoms with E-state index < -0.39 is 0 Å². The number of hydrogen-bond acceptors (Lipinski definition) is 5. The van der Waals surface area contributed by atoms with Crippen molar-refractivity contribution in [2.45, 2.75) is 17.7 Å². The van der Waals surface area contributed by atoms with E-state index in [0.29, 0.717) is 6.04 Å². The number of hydrogen-bond donors (Lipinski definition) is 0. The van der Waals surface area contributed by atoms with Gasteiger partial charge in [-0.3, -0.25) is 0 Å². The summed E-state index contributed by atoms with van der Waals surface area (Å²) >= 11 is 3.87. The van der Waals surface area contributed by atoms with Gasteiger partial charge in [-0.1, -0.05) is 0 Å². The van der Waals surface area contributed by atoms with Crippen molar-refractivity contribution in [1.82, 2.24) is 9.97 Å². The first-order chi connectivity index (χ1) is 7.92. The molecular weight excluding hydrogens is 238 g/mol. The maximum Gasteiger partial charge on any atom is 0.150 e. The Balaban J connectivity index is 1.84. The number of thioether (sulfide) groups is 1. The second-order valence-electron chi connectivity index (χ2n) is 4.33. The van der Waals surface area contributed by atoms with Crippen LogP contribution in [0.15, 0.2) is 17.8 Å². The third kappa shape index (κ3) is 1.21. The maximum atomic E-state index is 4.50. The quantitative estimate of drug-likeness (QED) is 0.776. The van der Waals surface area contributed by atoms with Crippen molar-refractivity contribution in [3.8, 4) is 0 Å². The Morgan fingerprint density at radius 2 is 2.38 bits per heavy atom. The summed E-state index contributed by atoms with van der Waals surface area (Å²) in [5, 5.41) is 2.93. The zero-order valence-electron chi connectivity index (χ0n) is 8.67. The van der Waals surface area contributed by atoms with Gasteiger partial charge >= 0.3 is 0 Å². The van der Waals surface area contributed by atoms with Crippen molar-refractivity contribution >= 4 is 39.1 Å². The Hall–Kier alpha value is -0.810. The predicted octanol–water partition coefficient (Wildman–Crippen LogP) is 2.39. The monoisotopic (exact) mass is 249 g/mol. The maximum absolute atomic E-state index is 4.50. The number of thiophene rings is 1. The van der Waals surface area contributed by atoms with Gasteiger partial charge in [0.2, 0.25) is 0 Å². The molecule has 2 aliphatic heterocycles. The molecule has 0 amide bonds. The van der Waals surface area contributed by atoms with Crippen LogP contribution in [0.2, 0.25) is 0 Å². The van der Waals surface area contributed by atoms with Gasteiger partial charge in [0.15, 0.2) is 0 Å². The van der Waals surface area contributed by atoms with E-state index in [9.17, 15) is 0 Å². The van der Waals surface area contributed by atoms with Crippen LogP contribution in [0.4, 0.5) is 5.82 Å². The molecule has 16 heavy (non-hydrogen) atoms. The van der Waals surface area contributed by atoms with Gasteiger partial charge < -0.3 is 4.90 Å². The summed E-state index contributed by atoms with van der Waals surface area (Å²) in [7, 11) is 0. The van der Waals surface area contributed by atoms with Crippen molar-refractivity contribution in [2.24, 2.45) is 0 Å². The average Bonchev–Trinajstić information content (AvgIpc) is 3.03. The largest absolute Gasteiger partial charge is 0.350 e. The molecule has 0 aromatic carbocycles. The minimum atomic E-state index is 0.704. The van der Waals surface area contributed by atoms with Crippen LogP contribution < -0.4 is 4.90 Å². The van der Waals surface area contributed by atoms with Crippen molar-refractivity contribution in [2.75, 3.05) is 17.2 Å². The molecule has 2 saturated heterocycles. The highest BCUT2D eigenvalue weighted by atomic mass is 32.2. The summed E-state index contributed by atoms with van der Waals surface area (Å²) < 4.78 is 1.25. The van der Waals surface area contributed by atoms with E-state index in [1.807, 2.05) is 0 Å². The van der Waals surface area contributed by atoms with Crippen molar-refractivity contribution in [1.29, 1.82) is 0 Å². The molecule has 2 atom stereocenters. The fraction of sp³-hybridized carbons (Fsp3) is 0.455. The lowest BCUT2D eigenvalue weighted by atomic mass is 10.2. The SMILES string of the molecule is c1nc(N2C[C@H]3C[C@H]2CS3)c2sccc2n1. The molecule has 0 spiro atoms. The van der Waals surface area contributed by atoms with Crippen LogP contribution in [0.5, 0.6) is 0 Å². The zero-order valence-corrected chi connectivity index (χ0v) is 10.3. The summed E-state index contributed by atoms with van der Waals surface area (Å²) in [5.41, 5.74) is 1.09. The van der Waals surface area contributed by atoms with Crippen molar-refractivity contribution in [3.05, 3.63) is 17.8 Å². The van der Waals surface area contributed by atoms with Crippen molar-refractivity contribution < 1.29 is 0 Å². The number of fused-ring (bicyclic) bond motifs is 3. The molecule has 5 heteroatoms. The van der Waals surface area contributed by atoms with Crippen LogP contribution in [-0.4, -0.2) is 33.6 Å². The van der Waals surface area contributed by atoms with Crippen molar-refractivity contribution in [3.63, 3.8) is 0 Å². The molecule has 0 aliphatic carbocycles. The van der Waals surface area contributed by atoms with Crippen LogP contribution in [0.3, 0.4) is 0 Å². The lowest BCUT2D eigenvalue weighted by Crippen LogP contribution is -2.34. The second-order valence-corrected chi connectivity index (χ2v) is 6.58. The van der Waals surface area contributed by atoms with Crippen LogP contribution in [0.25, 0.3) is 10.2 Å². The van der Waals surface area contributed by atoms with Gasteiger partial charge in [-0.05, 0) is 17.9 Å². The first-order valence-corrected chi connectivity index (χ1v) is 7.41. The predicted molar refractivity (Wildman–Crippen MR) is 69.4 cm³/mol. The van der Waals surface area contributed by atoms with Gasteiger partial charge in [-0.2, -0.15) is 11.8 Å². The summed E-state index contributed by atoms with van der Waals surface area (Å²) in [4.78, 5) is 11.3. The number of anilines is 1. The van der Waals surface area contributed by atoms with Gasteiger partial charge in [-0.25, -0.2) is 9.97 Å². The highest BCUT2D eigenvalue weighted by Gasteiger charge is 2.39. The summed E-state index contributed by atoms with van der Waals surface area (Å²) in [5.74, 6) is 2.43. The first-order valence-electron chi connectivity index (χ1n) is 5.48. The number of nitrogens with zero attached hydrogens (tertiary/aromatic N) is 3. The number of rotatable bonds is 1. The Kier molecular flexibility index (Phi) is 1.93. The van der Waals surface area contributed by atoms with Gasteiger partial charge in [0, 0.05) is 23.6 Å². The van der Waals surface area contributed by atoms with Gasteiger partial charge in [-0.15, -0.1) is 11.3 Å². The molecular formula is C11H11N3S2. The smallest absolute Gasteiger partial charge is 0.150 e. The molecule has 2 bridgehead atoms. The third-order valence-electron chi connectivity index (χ3n) is 3.40. The second kappa shape index (κ2) is 3.34. The Bertz CT molecular complexity index is 539. The topological polar surface area (TPSA) is 29.0 Å². The minimum absolute atomic E-state index is 0.704. The average molecular weight is 249 g/mol. The van der Waals surface area contributed by atoms with E-state index >= 15 is 0 Å². The normalized spacial score (nSPS) is 28.1. The summed E-state index contributed by atoms with van der Waals surface area (Å²) in [6.45, 7) is 1.17. The van der Waals surface area contributed by atoms with Crippen LogP contribution in [-0.2, 0) is 0 Å². The molecule has 3 nitrogen and oxygen atoms in total. The molecule has 2 aromatic heterocycles. The van der Waals surface area contributed by atoms with Crippen LogP contribution in [0, 0.1) is 0 Å². The molecule has 0 radical (unpaired) electrons. The van der Waals surface area contributed by atoms with Crippen LogP contribution >= 0.6 is 23.1 Å². The van der Waals surface area contributed by atoms with Gasteiger partial charge in [0.05, 0.1) is 10.2 Å². The van der Waals surface area contributed by atoms with E-state index in [-0.39, 0.29) is 0 Å². The van der Waals surface area contributed by atoms with Gasteiger partial charge in [0.1, 0.15) is 12.1 Å². The lowest BCUT2D eigenvalue weighted by Gasteiger charge is -2.27.